The zero-order valence-corrected chi connectivity index (χ0v) is 13.3. The lowest BCUT2D eigenvalue weighted by molar-refractivity contribution is -0.113. The van der Waals surface area contributed by atoms with E-state index in [2.05, 4.69) is 31.4 Å². The first-order valence-corrected chi connectivity index (χ1v) is 7.99. The number of nitrogens with one attached hydrogen (secondary N) is 1. The van der Waals surface area contributed by atoms with Crippen LogP contribution in [0.25, 0.3) is 5.65 Å². The Labute approximate surface area is 133 Å². The van der Waals surface area contributed by atoms with Crippen LogP contribution < -0.4 is 5.32 Å². The van der Waals surface area contributed by atoms with Crippen molar-refractivity contribution in [3.8, 4) is 0 Å². The first kappa shape index (κ1) is 14.1. The van der Waals surface area contributed by atoms with Crippen LogP contribution in [0.2, 0.25) is 0 Å². The third kappa shape index (κ3) is 3.25. The van der Waals surface area contributed by atoms with Gasteiger partial charge in [-0.25, -0.2) is 0 Å². The number of benzene rings is 1. The zero-order valence-electron chi connectivity index (χ0n) is 10.9. The molecule has 0 fully saturated rings. The average Bonchev–Trinajstić information content (AvgIpc) is 2.91. The maximum absolute atomic E-state index is 12.0. The Bertz CT molecular complexity index is 789. The fourth-order valence-electron chi connectivity index (χ4n) is 1.80. The molecule has 1 aromatic carbocycles. The Hall–Kier alpha value is -1.86. The van der Waals surface area contributed by atoms with Crippen LogP contribution in [0.5, 0.6) is 0 Å². The van der Waals surface area contributed by atoms with Gasteiger partial charge >= 0.3 is 0 Å². The lowest BCUT2D eigenvalue weighted by atomic mass is 10.3. The minimum absolute atomic E-state index is 0.0837. The van der Waals surface area contributed by atoms with E-state index in [1.807, 2.05) is 53.1 Å². The summed E-state index contributed by atoms with van der Waals surface area (Å²) in [5.41, 5.74) is 1.53. The predicted molar refractivity (Wildman–Crippen MR) is 86.5 cm³/mol. The Morgan fingerprint density at radius 3 is 2.86 bits per heavy atom. The monoisotopic (exact) mass is 362 g/mol. The lowest BCUT2D eigenvalue weighted by Crippen LogP contribution is -2.14. The van der Waals surface area contributed by atoms with E-state index in [-0.39, 0.29) is 11.7 Å². The first-order chi connectivity index (χ1) is 10.2. The van der Waals surface area contributed by atoms with Gasteiger partial charge in [-0.15, -0.1) is 10.2 Å². The number of halogens is 1. The molecular formula is C14H11BrN4OS. The number of carbonyl (C=O) groups is 1. The number of rotatable bonds is 4. The molecule has 0 aliphatic rings. The zero-order chi connectivity index (χ0) is 14.7. The maximum Gasteiger partial charge on any atom is 0.234 e. The SMILES string of the molecule is O=C(CSc1nnc2ccccn12)Nc1ccccc1Br. The second-order valence-corrected chi connectivity index (χ2v) is 6.02. The summed E-state index contributed by atoms with van der Waals surface area (Å²) in [7, 11) is 0. The molecule has 0 unspecified atom stereocenters. The molecule has 1 amide bonds. The van der Waals surface area contributed by atoms with Crippen molar-refractivity contribution in [2.75, 3.05) is 11.1 Å². The second-order valence-electron chi connectivity index (χ2n) is 4.23. The van der Waals surface area contributed by atoms with Crippen LogP contribution >= 0.6 is 27.7 Å². The largest absolute Gasteiger partial charge is 0.324 e. The molecule has 0 spiro atoms. The number of anilines is 1. The number of fused-ring (bicyclic) bond motifs is 1. The molecule has 3 rings (SSSR count). The highest BCUT2D eigenvalue weighted by Crippen LogP contribution is 2.22. The first-order valence-electron chi connectivity index (χ1n) is 6.21. The highest BCUT2D eigenvalue weighted by atomic mass is 79.9. The van der Waals surface area contributed by atoms with Gasteiger partial charge < -0.3 is 5.32 Å². The van der Waals surface area contributed by atoms with Crippen molar-refractivity contribution < 1.29 is 4.79 Å². The van der Waals surface area contributed by atoms with Crippen LogP contribution in [0.1, 0.15) is 0 Å². The fourth-order valence-corrected chi connectivity index (χ4v) is 2.91. The van der Waals surface area contributed by atoms with Crippen molar-refractivity contribution in [2.24, 2.45) is 0 Å². The fraction of sp³-hybridized carbons (Fsp3) is 0.0714. The molecule has 5 nitrogen and oxygen atoms in total. The van der Waals surface area contributed by atoms with Crippen molar-refractivity contribution in [3.05, 3.63) is 53.1 Å². The highest BCUT2D eigenvalue weighted by Gasteiger charge is 2.09. The molecule has 106 valence electrons. The quantitative estimate of drug-likeness (QED) is 0.723. The van der Waals surface area contributed by atoms with Gasteiger partial charge in [0.15, 0.2) is 10.8 Å². The normalized spacial score (nSPS) is 10.7. The Morgan fingerprint density at radius 1 is 1.19 bits per heavy atom. The predicted octanol–water partition coefficient (Wildman–Crippen LogP) is 3.22. The van der Waals surface area contributed by atoms with Gasteiger partial charge in [-0.1, -0.05) is 30.0 Å². The topological polar surface area (TPSA) is 59.3 Å². The molecular weight excluding hydrogens is 352 g/mol. The molecule has 2 heterocycles. The van der Waals surface area contributed by atoms with Crippen LogP contribution in [0.3, 0.4) is 0 Å². The van der Waals surface area contributed by atoms with Crippen LogP contribution in [0.4, 0.5) is 5.69 Å². The summed E-state index contributed by atoms with van der Waals surface area (Å²) in [6, 6.07) is 13.2. The van der Waals surface area contributed by atoms with Gasteiger partial charge in [0.05, 0.1) is 11.4 Å². The minimum atomic E-state index is -0.0837. The van der Waals surface area contributed by atoms with E-state index < -0.39 is 0 Å². The number of amides is 1. The molecule has 0 saturated carbocycles. The summed E-state index contributed by atoms with van der Waals surface area (Å²) in [4.78, 5) is 12.0. The van der Waals surface area contributed by atoms with Gasteiger partial charge in [-0.3, -0.25) is 9.20 Å². The number of para-hydroxylation sites is 1. The number of pyridine rings is 1. The van der Waals surface area contributed by atoms with E-state index >= 15 is 0 Å². The summed E-state index contributed by atoms with van der Waals surface area (Å²) >= 11 is 4.75. The second kappa shape index (κ2) is 6.28. The standard InChI is InChI=1S/C14H11BrN4OS/c15-10-5-1-2-6-11(10)16-13(20)9-21-14-18-17-12-7-3-4-8-19(12)14/h1-8H,9H2,(H,16,20). The summed E-state index contributed by atoms with van der Waals surface area (Å²) in [6.07, 6.45) is 1.88. The third-order valence-electron chi connectivity index (χ3n) is 2.76. The van der Waals surface area contributed by atoms with Gasteiger partial charge in [-0.05, 0) is 40.2 Å². The van der Waals surface area contributed by atoms with Gasteiger partial charge in [-0.2, -0.15) is 0 Å². The van der Waals surface area contributed by atoms with Crippen LogP contribution in [0.15, 0.2) is 58.3 Å². The smallest absolute Gasteiger partial charge is 0.234 e. The number of hydrogen-bond acceptors (Lipinski definition) is 4. The van der Waals surface area contributed by atoms with Crippen LogP contribution in [0, 0.1) is 0 Å². The van der Waals surface area contributed by atoms with E-state index in [4.69, 9.17) is 0 Å². The van der Waals surface area contributed by atoms with Crippen molar-refractivity contribution in [1.82, 2.24) is 14.6 Å². The molecule has 0 radical (unpaired) electrons. The van der Waals surface area contributed by atoms with Gasteiger partial charge in [0.25, 0.3) is 0 Å². The summed E-state index contributed by atoms with van der Waals surface area (Å²) in [6.45, 7) is 0. The Morgan fingerprint density at radius 2 is 2.00 bits per heavy atom. The molecule has 1 N–H and O–H groups in total. The van der Waals surface area contributed by atoms with E-state index in [0.717, 1.165) is 15.8 Å². The summed E-state index contributed by atoms with van der Waals surface area (Å²) in [5, 5.41) is 11.7. The number of hydrogen-bond donors (Lipinski definition) is 1. The van der Waals surface area contributed by atoms with Crippen LogP contribution in [-0.2, 0) is 4.79 Å². The van der Waals surface area contributed by atoms with Crippen molar-refractivity contribution in [2.45, 2.75) is 5.16 Å². The number of carbonyl (C=O) groups excluding carboxylic acids is 1. The Balaban J connectivity index is 1.65. The van der Waals surface area contributed by atoms with E-state index in [0.29, 0.717) is 5.16 Å². The summed E-state index contributed by atoms with van der Waals surface area (Å²) < 4.78 is 2.72. The minimum Gasteiger partial charge on any atom is -0.324 e. The molecule has 0 aliphatic heterocycles. The van der Waals surface area contributed by atoms with Crippen molar-refractivity contribution >= 4 is 44.9 Å². The van der Waals surface area contributed by atoms with Crippen molar-refractivity contribution in [1.29, 1.82) is 0 Å². The van der Waals surface area contributed by atoms with Gasteiger partial charge in [0, 0.05) is 10.7 Å². The molecule has 0 aliphatic carbocycles. The lowest BCUT2D eigenvalue weighted by Gasteiger charge is -2.06. The Kier molecular flexibility index (Phi) is 4.21. The molecule has 0 bridgehead atoms. The molecule has 3 aromatic rings. The van der Waals surface area contributed by atoms with Crippen molar-refractivity contribution in [3.63, 3.8) is 0 Å². The van der Waals surface area contributed by atoms with E-state index in [1.54, 1.807) is 0 Å². The van der Waals surface area contributed by atoms with E-state index in [9.17, 15) is 4.79 Å². The van der Waals surface area contributed by atoms with Crippen LogP contribution in [-0.4, -0.2) is 26.3 Å². The number of thioether (sulfide) groups is 1. The molecule has 0 saturated heterocycles. The van der Waals surface area contributed by atoms with Gasteiger partial charge in [0.2, 0.25) is 5.91 Å². The van der Waals surface area contributed by atoms with Gasteiger partial charge in [0.1, 0.15) is 0 Å². The average molecular weight is 363 g/mol. The number of aromatic nitrogens is 3. The van der Waals surface area contributed by atoms with E-state index in [1.165, 1.54) is 11.8 Å². The maximum atomic E-state index is 12.0. The number of nitrogens with zero attached hydrogens (tertiary/aromatic N) is 3. The third-order valence-corrected chi connectivity index (χ3v) is 4.40. The molecule has 2 aromatic heterocycles. The molecule has 0 atom stereocenters. The molecule has 21 heavy (non-hydrogen) atoms. The highest BCUT2D eigenvalue weighted by molar-refractivity contribution is 9.10. The molecule has 7 heteroatoms. The summed E-state index contributed by atoms with van der Waals surface area (Å²) in [5.74, 6) is 0.191.